The summed E-state index contributed by atoms with van der Waals surface area (Å²) >= 11 is 0. The van der Waals surface area contributed by atoms with Gasteiger partial charge in [0.1, 0.15) is 0 Å². The maximum absolute atomic E-state index is 13.6. The van der Waals surface area contributed by atoms with E-state index >= 15 is 0 Å². The molecule has 0 unspecified atom stereocenters. The summed E-state index contributed by atoms with van der Waals surface area (Å²) in [5.74, 6) is 6.17. The van der Waals surface area contributed by atoms with Crippen LogP contribution in [0.2, 0.25) is 0 Å². The molecule has 2 rings (SSSR count). The lowest BCUT2D eigenvalue weighted by molar-refractivity contribution is 0.428. The molecule has 0 aliphatic heterocycles. The first-order valence-corrected chi connectivity index (χ1v) is 8.59. The summed E-state index contributed by atoms with van der Waals surface area (Å²) in [6.45, 7) is 2.72. The summed E-state index contributed by atoms with van der Waals surface area (Å²) < 4.78 is 15.2. The lowest BCUT2D eigenvalue weighted by Crippen LogP contribution is -2.37. The standard InChI is InChI=1S/C16H21N2OP/c1-2-3-14-18(17)20(19,15-10-6-4-7-11-15)16-12-8-5-9-13-16/h4-13H,2-3,14,17H2,1H3. The lowest BCUT2D eigenvalue weighted by Gasteiger charge is -2.28. The van der Waals surface area contributed by atoms with Crippen LogP contribution in [-0.2, 0) is 4.57 Å². The third kappa shape index (κ3) is 3.01. The van der Waals surface area contributed by atoms with Crippen LogP contribution < -0.4 is 16.5 Å². The zero-order valence-electron chi connectivity index (χ0n) is 11.8. The third-order valence-electron chi connectivity index (χ3n) is 3.31. The van der Waals surface area contributed by atoms with Crippen molar-refractivity contribution < 1.29 is 4.57 Å². The van der Waals surface area contributed by atoms with E-state index in [4.69, 9.17) is 5.84 Å². The van der Waals surface area contributed by atoms with E-state index in [1.165, 1.54) is 4.78 Å². The Bertz CT molecular complexity index is 528. The summed E-state index contributed by atoms with van der Waals surface area (Å²) in [5, 5.41) is 1.56. The van der Waals surface area contributed by atoms with Gasteiger partial charge in [-0.15, -0.1) is 0 Å². The first kappa shape index (κ1) is 15.0. The Morgan fingerprint density at radius 2 is 1.40 bits per heavy atom. The maximum atomic E-state index is 13.6. The Balaban J connectivity index is 2.47. The number of nitrogens with zero attached hydrogens (tertiary/aromatic N) is 1. The molecule has 0 spiro atoms. The van der Waals surface area contributed by atoms with Gasteiger partial charge in [0.25, 0.3) is 0 Å². The van der Waals surface area contributed by atoms with E-state index in [-0.39, 0.29) is 0 Å². The van der Waals surface area contributed by atoms with Crippen LogP contribution >= 0.6 is 7.29 Å². The summed E-state index contributed by atoms with van der Waals surface area (Å²) in [5.41, 5.74) is 0. The Kier molecular flexibility index (Phi) is 5.13. The van der Waals surface area contributed by atoms with Gasteiger partial charge in [-0.2, -0.15) is 4.78 Å². The van der Waals surface area contributed by atoms with Crippen molar-refractivity contribution in [3.8, 4) is 0 Å². The lowest BCUT2D eigenvalue weighted by atomic mass is 10.3. The fraction of sp³-hybridized carbons (Fsp3) is 0.250. The molecule has 20 heavy (non-hydrogen) atoms. The Morgan fingerprint density at radius 1 is 0.950 bits per heavy atom. The van der Waals surface area contributed by atoms with Crippen LogP contribution in [0.1, 0.15) is 19.8 Å². The molecule has 0 bridgehead atoms. The molecule has 0 aliphatic rings. The summed E-state index contributed by atoms with van der Waals surface area (Å²) in [4.78, 5) is 0. The minimum atomic E-state index is -2.93. The van der Waals surface area contributed by atoms with E-state index in [0.29, 0.717) is 6.54 Å². The van der Waals surface area contributed by atoms with Gasteiger partial charge >= 0.3 is 0 Å². The molecule has 0 fully saturated rings. The molecule has 0 amide bonds. The number of hydrogen-bond donors (Lipinski definition) is 1. The fourth-order valence-corrected chi connectivity index (χ4v) is 4.63. The van der Waals surface area contributed by atoms with Crippen molar-refractivity contribution in [3.05, 3.63) is 60.7 Å². The monoisotopic (exact) mass is 288 g/mol. The number of hydrogen-bond acceptors (Lipinski definition) is 2. The number of benzene rings is 2. The topological polar surface area (TPSA) is 46.3 Å². The first-order chi connectivity index (χ1) is 9.69. The number of rotatable bonds is 6. The van der Waals surface area contributed by atoms with Crippen molar-refractivity contribution >= 4 is 17.9 Å². The molecular weight excluding hydrogens is 267 g/mol. The summed E-state index contributed by atoms with van der Waals surface area (Å²) in [6, 6.07) is 19.0. The van der Waals surface area contributed by atoms with E-state index in [9.17, 15) is 4.57 Å². The molecular formula is C16H21N2OP. The third-order valence-corrected chi connectivity index (χ3v) is 6.23. The van der Waals surface area contributed by atoms with Gasteiger partial charge in [-0.1, -0.05) is 49.7 Å². The van der Waals surface area contributed by atoms with Crippen molar-refractivity contribution in [1.82, 2.24) is 4.78 Å². The molecule has 106 valence electrons. The molecule has 0 heterocycles. The van der Waals surface area contributed by atoms with Gasteiger partial charge < -0.3 is 0 Å². The highest BCUT2D eigenvalue weighted by Crippen LogP contribution is 2.45. The van der Waals surface area contributed by atoms with Crippen molar-refractivity contribution in [1.29, 1.82) is 0 Å². The summed E-state index contributed by atoms with van der Waals surface area (Å²) in [7, 11) is -2.93. The smallest absolute Gasteiger partial charge is 0.219 e. The van der Waals surface area contributed by atoms with Gasteiger partial charge in [-0.3, -0.25) is 10.4 Å². The molecule has 3 nitrogen and oxygen atoms in total. The highest BCUT2D eigenvalue weighted by Gasteiger charge is 2.32. The quantitative estimate of drug-likeness (QED) is 0.505. The highest BCUT2D eigenvalue weighted by atomic mass is 31.2. The molecule has 0 atom stereocenters. The van der Waals surface area contributed by atoms with Gasteiger partial charge in [0.05, 0.1) is 0 Å². The van der Waals surface area contributed by atoms with Crippen LogP contribution in [0.5, 0.6) is 0 Å². The highest BCUT2D eigenvalue weighted by molar-refractivity contribution is 7.76. The second-order valence-corrected chi connectivity index (χ2v) is 7.46. The van der Waals surface area contributed by atoms with Crippen LogP contribution in [-0.4, -0.2) is 11.3 Å². The number of unbranched alkanes of at least 4 members (excludes halogenated alkanes) is 1. The van der Waals surface area contributed by atoms with Gasteiger partial charge in [-0.05, 0) is 30.7 Å². The van der Waals surface area contributed by atoms with Crippen LogP contribution in [0, 0.1) is 0 Å². The molecule has 0 aliphatic carbocycles. The van der Waals surface area contributed by atoms with Crippen LogP contribution in [0.15, 0.2) is 60.7 Å². The van der Waals surface area contributed by atoms with E-state index < -0.39 is 7.29 Å². The van der Waals surface area contributed by atoms with E-state index in [2.05, 4.69) is 6.92 Å². The molecule has 2 N–H and O–H groups in total. The molecule has 0 aromatic heterocycles. The number of nitrogens with two attached hydrogens (primary N) is 1. The van der Waals surface area contributed by atoms with Gasteiger partial charge in [-0.25, -0.2) is 0 Å². The van der Waals surface area contributed by atoms with E-state index in [1.54, 1.807) is 0 Å². The number of hydrazine groups is 1. The normalized spacial score (nSPS) is 11.8. The largest absolute Gasteiger partial charge is 0.295 e. The molecule has 4 heteroatoms. The SMILES string of the molecule is CCCCN(N)P(=O)(c1ccccc1)c1ccccc1. The predicted molar refractivity (Wildman–Crippen MR) is 85.6 cm³/mol. The zero-order chi connectivity index (χ0) is 14.4. The van der Waals surface area contributed by atoms with Crippen LogP contribution in [0.4, 0.5) is 0 Å². The molecule has 0 saturated heterocycles. The fourth-order valence-electron chi connectivity index (χ4n) is 2.17. The van der Waals surface area contributed by atoms with Crippen molar-refractivity contribution in [2.75, 3.05) is 6.54 Å². The van der Waals surface area contributed by atoms with E-state index in [0.717, 1.165) is 23.5 Å². The Labute approximate surface area is 120 Å². The molecule has 2 aromatic carbocycles. The minimum absolute atomic E-state index is 0.623. The second kappa shape index (κ2) is 6.85. The first-order valence-electron chi connectivity index (χ1n) is 6.93. The van der Waals surface area contributed by atoms with Gasteiger partial charge in [0.15, 0.2) is 0 Å². The second-order valence-electron chi connectivity index (χ2n) is 4.76. The Hall–Kier alpha value is -1.41. The average molecular weight is 288 g/mol. The van der Waals surface area contributed by atoms with E-state index in [1.807, 2.05) is 60.7 Å². The summed E-state index contributed by atoms with van der Waals surface area (Å²) in [6.07, 6.45) is 1.96. The van der Waals surface area contributed by atoms with Crippen molar-refractivity contribution in [2.24, 2.45) is 5.84 Å². The maximum Gasteiger partial charge on any atom is 0.219 e. The van der Waals surface area contributed by atoms with Gasteiger partial charge in [0.2, 0.25) is 7.29 Å². The van der Waals surface area contributed by atoms with Gasteiger partial charge in [0, 0.05) is 17.2 Å². The molecule has 0 saturated carbocycles. The van der Waals surface area contributed by atoms with Crippen LogP contribution in [0.3, 0.4) is 0 Å². The Morgan fingerprint density at radius 3 is 1.80 bits per heavy atom. The van der Waals surface area contributed by atoms with Crippen molar-refractivity contribution in [2.45, 2.75) is 19.8 Å². The zero-order valence-corrected chi connectivity index (χ0v) is 12.7. The molecule has 2 aromatic rings. The van der Waals surface area contributed by atoms with Crippen LogP contribution in [0.25, 0.3) is 0 Å². The minimum Gasteiger partial charge on any atom is -0.295 e. The molecule has 0 radical (unpaired) electrons. The average Bonchev–Trinajstić information content (AvgIpc) is 2.53. The predicted octanol–water partition coefficient (Wildman–Crippen LogP) is 2.89. The van der Waals surface area contributed by atoms with Crippen molar-refractivity contribution in [3.63, 3.8) is 0 Å².